The van der Waals surface area contributed by atoms with Crippen LogP contribution in [0.25, 0.3) is 0 Å². The highest BCUT2D eigenvalue weighted by Crippen LogP contribution is 2.43. The molecule has 0 aliphatic carbocycles. The first-order chi connectivity index (χ1) is 30.0. The summed E-state index contributed by atoms with van der Waals surface area (Å²) >= 11 is 0. The number of aliphatic hydroxyl groups excluding tert-OH is 1. The van der Waals surface area contributed by atoms with Gasteiger partial charge in [0, 0.05) is 6.42 Å². The number of nitrogens with zero attached hydrogens (tertiary/aromatic N) is 1. The van der Waals surface area contributed by atoms with Crippen LogP contribution in [0.2, 0.25) is 0 Å². The standard InChI is InChI=1S/C53H105N2O6P/c1-6-8-10-12-14-16-17-18-19-20-21-22-23-24-25-26-27-28-29-30-31-32-33-34-35-36-37-38-39-41-43-45-47-53(57)54-51(50-61-62(58,59)60-49-48-55(3,4)5)52(56)46-44-42-40-15-13-11-9-7-2/h13,15,44,46,51-52,56H,6-12,14,16-43,45,47-50H2,1-5H3,(H-,54,57,58,59)/p+1/b15-13+,46-44+. The third-order valence-corrected chi connectivity index (χ3v) is 13.2. The smallest absolute Gasteiger partial charge is 0.387 e. The van der Waals surface area contributed by atoms with Gasteiger partial charge in [0.15, 0.2) is 0 Å². The lowest BCUT2D eigenvalue weighted by atomic mass is 10.0. The van der Waals surface area contributed by atoms with Crippen LogP contribution in [0.15, 0.2) is 24.3 Å². The Hall–Kier alpha value is -1.02. The van der Waals surface area contributed by atoms with Gasteiger partial charge >= 0.3 is 7.82 Å². The first kappa shape index (κ1) is 61.0. The van der Waals surface area contributed by atoms with E-state index in [0.717, 1.165) is 38.5 Å². The number of unbranched alkanes of at least 4 members (excludes halogenated alkanes) is 34. The third-order valence-electron chi connectivity index (χ3n) is 12.2. The average Bonchev–Trinajstić information content (AvgIpc) is 3.23. The van der Waals surface area contributed by atoms with Crippen molar-refractivity contribution in [1.29, 1.82) is 0 Å². The molecule has 3 unspecified atom stereocenters. The summed E-state index contributed by atoms with van der Waals surface area (Å²) in [7, 11) is 1.56. The second kappa shape index (κ2) is 45.1. The maximum atomic E-state index is 12.9. The van der Waals surface area contributed by atoms with Crippen LogP contribution in [0.3, 0.4) is 0 Å². The van der Waals surface area contributed by atoms with Crippen LogP contribution in [-0.2, 0) is 18.4 Å². The van der Waals surface area contributed by atoms with Gasteiger partial charge < -0.3 is 19.8 Å². The quantitative estimate of drug-likeness (QED) is 0.0243. The molecule has 0 aromatic heterocycles. The van der Waals surface area contributed by atoms with Crippen LogP contribution in [-0.4, -0.2) is 73.4 Å². The Kier molecular flexibility index (Phi) is 44.4. The second-order valence-electron chi connectivity index (χ2n) is 19.6. The summed E-state index contributed by atoms with van der Waals surface area (Å²) in [6.45, 7) is 4.74. The van der Waals surface area contributed by atoms with Crippen molar-refractivity contribution in [2.75, 3.05) is 40.9 Å². The molecule has 0 radical (unpaired) electrons. The summed E-state index contributed by atoms with van der Waals surface area (Å²) in [6, 6.07) is -0.857. The number of phosphoric ester groups is 1. The van der Waals surface area contributed by atoms with Crippen molar-refractivity contribution in [2.45, 2.75) is 270 Å². The summed E-state index contributed by atoms with van der Waals surface area (Å²) < 4.78 is 23.5. The number of nitrogens with one attached hydrogen (secondary N) is 1. The van der Waals surface area contributed by atoms with Crippen LogP contribution in [0, 0.1) is 0 Å². The number of hydrogen-bond donors (Lipinski definition) is 3. The molecule has 0 saturated carbocycles. The monoisotopic (exact) mass is 898 g/mol. The number of carbonyl (C=O) groups excluding carboxylic acids is 1. The summed E-state index contributed by atoms with van der Waals surface area (Å²) in [5, 5.41) is 13.7. The number of phosphoric acid groups is 1. The van der Waals surface area contributed by atoms with Crippen LogP contribution in [0.1, 0.15) is 258 Å². The van der Waals surface area contributed by atoms with Crippen molar-refractivity contribution >= 4 is 13.7 Å². The molecule has 0 rings (SSSR count). The minimum absolute atomic E-state index is 0.0578. The Labute approximate surface area is 385 Å². The molecule has 0 fully saturated rings. The van der Waals surface area contributed by atoms with E-state index in [2.05, 4.69) is 31.3 Å². The maximum absolute atomic E-state index is 12.9. The molecular formula is C53H106N2O6P+. The lowest BCUT2D eigenvalue weighted by molar-refractivity contribution is -0.870. The van der Waals surface area contributed by atoms with Gasteiger partial charge in [-0.2, -0.15) is 0 Å². The fourth-order valence-electron chi connectivity index (χ4n) is 7.93. The molecule has 8 nitrogen and oxygen atoms in total. The van der Waals surface area contributed by atoms with Crippen molar-refractivity contribution in [1.82, 2.24) is 5.32 Å². The first-order valence-electron chi connectivity index (χ1n) is 26.7. The predicted molar refractivity (Wildman–Crippen MR) is 268 cm³/mol. The molecule has 0 aromatic carbocycles. The van der Waals surface area contributed by atoms with E-state index >= 15 is 0 Å². The Bertz CT molecular complexity index is 1060. The molecule has 0 bridgehead atoms. The van der Waals surface area contributed by atoms with E-state index in [1.54, 1.807) is 6.08 Å². The van der Waals surface area contributed by atoms with Crippen molar-refractivity contribution in [2.24, 2.45) is 0 Å². The van der Waals surface area contributed by atoms with Crippen LogP contribution in [0.4, 0.5) is 0 Å². The van der Waals surface area contributed by atoms with E-state index in [4.69, 9.17) is 9.05 Å². The van der Waals surface area contributed by atoms with Gasteiger partial charge in [-0.25, -0.2) is 4.57 Å². The van der Waals surface area contributed by atoms with Gasteiger partial charge in [0.2, 0.25) is 5.91 Å². The number of allylic oxidation sites excluding steroid dienone is 3. The lowest BCUT2D eigenvalue weighted by Crippen LogP contribution is -2.45. The van der Waals surface area contributed by atoms with Crippen molar-refractivity contribution in [3.63, 3.8) is 0 Å². The average molecular weight is 898 g/mol. The Balaban J connectivity index is 3.87. The highest BCUT2D eigenvalue weighted by molar-refractivity contribution is 7.47. The normalized spacial score (nSPS) is 14.2. The SMILES string of the molecule is CCCC/C=C/CC/C=C/C(O)C(COP(=O)(O)OCC[N+](C)(C)C)NC(=O)CCCCCCCCCCCCCCCCCCCCCCCCCCCCCCCCCC. The van der Waals surface area contributed by atoms with Gasteiger partial charge in [-0.1, -0.05) is 250 Å². The molecule has 0 aliphatic rings. The summed E-state index contributed by atoms with van der Waals surface area (Å²) in [5.41, 5.74) is 0. The number of quaternary nitrogens is 1. The van der Waals surface area contributed by atoms with Crippen molar-refractivity contribution in [3.05, 3.63) is 24.3 Å². The summed E-state index contributed by atoms with van der Waals surface area (Å²) in [6.07, 6.45) is 56.1. The highest BCUT2D eigenvalue weighted by atomic mass is 31.2. The second-order valence-corrected chi connectivity index (χ2v) is 21.1. The molecule has 0 aliphatic heterocycles. The largest absolute Gasteiger partial charge is 0.472 e. The van der Waals surface area contributed by atoms with Gasteiger partial charge in [-0.05, 0) is 25.7 Å². The fourth-order valence-corrected chi connectivity index (χ4v) is 8.66. The van der Waals surface area contributed by atoms with Gasteiger partial charge in [0.25, 0.3) is 0 Å². The number of hydrogen-bond acceptors (Lipinski definition) is 5. The molecule has 0 spiro atoms. The lowest BCUT2D eigenvalue weighted by Gasteiger charge is -2.25. The number of likely N-dealkylation sites (N-methyl/N-ethyl adjacent to an activating group) is 1. The predicted octanol–water partition coefficient (Wildman–Crippen LogP) is 15.6. The van der Waals surface area contributed by atoms with Gasteiger partial charge in [0.05, 0.1) is 39.9 Å². The molecule has 0 aromatic rings. The Morgan fingerprint density at radius 3 is 1.27 bits per heavy atom. The van der Waals surface area contributed by atoms with Crippen LogP contribution < -0.4 is 5.32 Å². The van der Waals surface area contributed by atoms with Crippen LogP contribution in [0.5, 0.6) is 0 Å². The van der Waals surface area contributed by atoms with E-state index in [0.29, 0.717) is 17.4 Å². The molecule has 1 amide bonds. The first-order valence-corrected chi connectivity index (χ1v) is 28.2. The molecule has 368 valence electrons. The topological polar surface area (TPSA) is 105 Å². The fraction of sp³-hybridized carbons (Fsp3) is 0.906. The van der Waals surface area contributed by atoms with E-state index in [1.165, 1.54) is 199 Å². The Morgan fingerprint density at radius 2 is 0.887 bits per heavy atom. The van der Waals surface area contributed by atoms with Gasteiger partial charge in [0.1, 0.15) is 13.2 Å². The van der Waals surface area contributed by atoms with Gasteiger partial charge in [-0.3, -0.25) is 13.8 Å². The number of carbonyl (C=O) groups is 1. The summed E-state index contributed by atoms with van der Waals surface area (Å²) in [5.74, 6) is -0.186. The molecule has 3 N–H and O–H groups in total. The highest BCUT2D eigenvalue weighted by Gasteiger charge is 2.27. The van der Waals surface area contributed by atoms with E-state index in [9.17, 15) is 19.4 Å². The third kappa shape index (κ3) is 47.0. The van der Waals surface area contributed by atoms with Crippen molar-refractivity contribution in [3.8, 4) is 0 Å². The van der Waals surface area contributed by atoms with E-state index in [1.807, 2.05) is 27.2 Å². The van der Waals surface area contributed by atoms with E-state index < -0.39 is 20.0 Å². The maximum Gasteiger partial charge on any atom is 0.472 e. The molecule has 62 heavy (non-hydrogen) atoms. The van der Waals surface area contributed by atoms with Gasteiger partial charge in [-0.15, -0.1) is 0 Å². The molecule has 0 heterocycles. The number of rotatable bonds is 49. The Morgan fingerprint density at radius 1 is 0.532 bits per heavy atom. The summed E-state index contributed by atoms with van der Waals surface area (Å²) in [4.78, 5) is 23.1. The molecular weight excluding hydrogens is 792 g/mol. The molecule has 9 heteroatoms. The molecule has 0 saturated heterocycles. The molecule has 3 atom stereocenters. The zero-order chi connectivity index (χ0) is 45.7. The number of amides is 1. The van der Waals surface area contributed by atoms with E-state index in [-0.39, 0.29) is 19.1 Å². The zero-order valence-electron chi connectivity index (χ0n) is 41.9. The number of aliphatic hydroxyl groups is 1. The van der Waals surface area contributed by atoms with Crippen molar-refractivity contribution < 1.29 is 32.9 Å². The zero-order valence-corrected chi connectivity index (χ0v) is 42.8. The van der Waals surface area contributed by atoms with Crippen LogP contribution >= 0.6 is 7.82 Å². The minimum Gasteiger partial charge on any atom is -0.387 e. The minimum atomic E-state index is -4.34.